The fourth-order valence-electron chi connectivity index (χ4n) is 4.59. The van der Waals surface area contributed by atoms with E-state index in [2.05, 4.69) is 4.90 Å². The SMILES string of the molecule is CCN(CCCC(C#N)(c1c(C(F)(F)F)cccc1C(F)(F)F)C1CC1)Cc1ccccc1. The fourth-order valence-corrected chi connectivity index (χ4v) is 4.59. The number of hydrogen-bond acceptors (Lipinski definition) is 2. The third-order valence-electron chi connectivity index (χ3n) is 6.34. The summed E-state index contributed by atoms with van der Waals surface area (Å²) in [6.07, 6.45) is -8.84. The van der Waals surface area contributed by atoms with Crippen LogP contribution in [0.2, 0.25) is 0 Å². The lowest BCUT2D eigenvalue weighted by atomic mass is 9.70. The Morgan fingerprint density at radius 3 is 1.94 bits per heavy atom. The van der Waals surface area contributed by atoms with Crippen LogP contribution < -0.4 is 0 Å². The molecule has 1 aliphatic carbocycles. The molecule has 178 valence electrons. The Morgan fingerprint density at radius 2 is 1.48 bits per heavy atom. The first-order valence-electron chi connectivity index (χ1n) is 11.0. The molecule has 0 N–H and O–H groups in total. The van der Waals surface area contributed by atoms with Gasteiger partial charge in [-0.15, -0.1) is 0 Å². The Balaban J connectivity index is 1.94. The van der Waals surface area contributed by atoms with Gasteiger partial charge in [0.15, 0.2) is 0 Å². The molecule has 8 heteroatoms. The van der Waals surface area contributed by atoms with Crippen LogP contribution in [0.5, 0.6) is 0 Å². The zero-order chi connectivity index (χ0) is 24.3. The summed E-state index contributed by atoms with van der Waals surface area (Å²) in [4.78, 5) is 2.07. The van der Waals surface area contributed by atoms with E-state index in [1.54, 1.807) is 0 Å². The van der Waals surface area contributed by atoms with Crippen molar-refractivity contribution in [3.63, 3.8) is 0 Å². The van der Waals surface area contributed by atoms with Gasteiger partial charge < -0.3 is 0 Å². The Bertz CT molecular complexity index is 941. The summed E-state index contributed by atoms with van der Waals surface area (Å²) in [6.45, 7) is 3.71. The molecule has 1 saturated carbocycles. The summed E-state index contributed by atoms with van der Waals surface area (Å²) >= 11 is 0. The van der Waals surface area contributed by atoms with Crippen LogP contribution in [0.15, 0.2) is 48.5 Å². The first-order chi connectivity index (χ1) is 15.5. The molecule has 1 unspecified atom stereocenters. The Morgan fingerprint density at radius 1 is 0.909 bits per heavy atom. The summed E-state index contributed by atoms with van der Waals surface area (Å²) in [5, 5.41) is 10.1. The van der Waals surface area contributed by atoms with E-state index in [9.17, 15) is 31.6 Å². The highest BCUT2D eigenvalue weighted by molar-refractivity contribution is 5.49. The zero-order valence-corrected chi connectivity index (χ0v) is 18.3. The van der Waals surface area contributed by atoms with Crippen LogP contribution >= 0.6 is 0 Å². The average Bonchev–Trinajstić information content (AvgIpc) is 3.61. The minimum absolute atomic E-state index is 0.0599. The number of nitrogens with zero attached hydrogens (tertiary/aromatic N) is 2. The molecule has 0 spiro atoms. The Labute approximate surface area is 189 Å². The fraction of sp³-hybridized carbons (Fsp3) is 0.480. The molecule has 0 heterocycles. The lowest BCUT2D eigenvalue weighted by Gasteiger charge is -2.33. The minimum Gasteiger partial charge on any atom is -0.299 e. The topological polar surface area (TPSA) is 27.0 Å². The Hall–Kier alpha value is -2.53. The number of rotatable bonds is 9. The van der Waals surface area contributed by atoms with Crippen molar-refractivity contribution in [2.45, 2.75) is 56.9 Å². The van der Waals surface area contributed by atoms with Crippen molar-refractivity contribution < 1.29 is 26.3 Å². The van der Waals surface area contributed by atoms with Crippen LogP contribution in [0.3, 0.4) is 0 Å². The van der Waals surface area contributed by atoms with E-state index in [0.29, 0.717) is 51.0 Å². The Kier molecular flexibility index (Phi) is 7.42. The van der Waals surface area contributed by atoms with Gasteiger partial charge in [-0.1, -0.05) is 43.3 Å². The molecule has 1 atom stereocenters. The average molecular weight is 468 g/mol. The second kappa shape index (κ2) is 9.76. The maximum atomic E-state index is 13.8. The smallest absolute Gasteiger partial charge is 0.299 e. The molecule has 1 fully saturated rings. The first kappa shape index (κ1) is 25.1. The second-order valence-corrected chi connectivity index (χ2v) is 8.54. The lowest BCUT2D eigenvalue weighted by molar-refractivity contribution is -0.145. The second-order valence-electron chi connectivity index (χ2n) is 8.54. The number of benzene rings is 2. The van der Waals surface area contributed by atoms with E-state index < -0.39 is 40.4 Å². The van der Waals surface area contributed by atoms with Crippen LogP contribution in [0.25, 0.3) is 0 Å². The van der Waals surface area contributed by atoms with Gasteiger partial charge in [0.2, 0.25) is 0 Å². The van der Waals surface area contributed by atoms with Gasteiger partial charge in [-0.2, -0.15) is 31.6 Å². The van der Waals surface area contributed by atoms with E-state index in [1.807, 2.05) is 43.3 Å². The molecule has 0 aromatic heterocycles. The molecular weight excluding hydrogens is 442 g/mol. The van der Waals surface area contributed by atoms with Gasteiger partial charge in [0.25, 0.3) is 0 Å². The molecule has 2 aromatic carbocycles. The lowest BCUT2D eigenvalue weighted by Crippen LogP contribution is -2.35. The van der Waals surface area contributed by atoms with Crippen molar-refractivity contribution in [3.05, 3.63) is 70.8 Å². The maximum absolute atomic E-state index is 13.8. The first-order valence-corrected chi connectivity index (χ1v) is 11.0. The molecule has 3 rings (SSSR count). The standard InChI is InChI=1S/C25H26F6N2/c1-2-33(16-18-8-4-3-5-9-18)15-7-14-23(17-32,19-12-13-19)22-20(24(26,27)28)10-6-11-21(22)25(29,30)31/h3-6,8-11,19H,2,7,12-16H2,1H3. The highest BCUT2D eigenvalue weighted by Gasteiger charge is 2.54. The van der Waals surface area contributed by atoms with Crippen molar-refractivity contribution in [3.8, 4) is 6.07 Å². The van der Waals surface area contributed by atoms with Crippen molar-refractivity contribution in [2.75, 3.05) is 13.1 Å². The zero-order valence-electron chi connectivity index (χ0n) is 18.3. The summed E-state index contributed by atoms with van der Waals surface area (Å²) in [5.74, 6) is -0.517. The summed E-state index contributed by atoms with van der Waals surface area (Å²) < 4.78 is 83.0. The molecule has 0 amide bonds. The number of hydrogen-bond donors (Lipinski definition) is 0. The minimum atomic E-state index is -4.99. The van der Waals surface area contributed by atoms with Crippen molar-refractivity contribution in [1.29, 1.82) is 5.26 Å². The number of nitriles is 1. The molecule has 2 nitrogen and oxygen atoms in total. The molecule has 0 bridgehead atoms. The number of halogens is 6. The normalized spacial score (nSPS) is 16.5. The summed E-state index contributed by atoms with van der Waals surface area (Å²) in [7, 11) is 0. The van der Waals surface area contributed by atoms with Crippen LogP contribution in [0.4, 0.5) is 26.3 Å². The van der Waals surface area contributed by atoms with Crippen LogP contribution in [0, 0.1) is 17.2 Å². The van der Waals surface area contributed by atoms with E-state index in [4.69, 9.17) is 0 Å². The van der Waals surface area contributed by atoms with Gasteiger partial charge in [-0.3, -0.25) is 4.90 Å². The van der Waals surface area contributed by atoms with Crippen LogP contribution in [0.1, 0.15) is 54.9 Å². The highest BCUT2D eigenvalue weighted by atomic mass is 19.4. The van der Waals surface area contributed by atoms with Crippen LogP contribution in [-0.2, 0) is 24.3 Å². The van der Waals surface area contributed by atoms with E-state index in [1.165, 1.54) is 0 Å². The predicted octanol–water partition coefficient (Wildman–Crippen LogP) is 7.20. The summed E-state index contributed by atoms with van der Waals surface area (Å²) in [5.41, 5.74) is -4.39. The monoisotopic (exact) mass is 468 g/mol. The van der Waals surface area contributed by atoms with E-state index >= 15 is 0 Å². The largest absolute Gasteiger partial charge is 0.416 e. The molecule has 0 saturated heterocycles. The quantitative estimate of drug-likeness (QED) is 0.364. The molecule has 0 radical (unpaired) electrons. The number of alkyl halides is 6. The highest BCUT2D eigenvalue weighted by Crippen LogP contribution is 2.55. The third-order valence-corrected chi connectivity index (χ3v) is 6.34. The van der Waals surface area contributed by atoms with E-state index in [0.717, 1.165) is 11.6 Å². The molecular formula is C25H26F6N2. The van der Waals surface area contributed by atoms with Crippen molar-refractivity contribution in [1.82, 2.24) is 4.90 Å². The molecule has 0 aliphatic heterocycles. The molecule has 33 heavy (non-hydrogen) atoms. The van der Waals surface area contributed by atoms with Crippen molar-refractivity contribution >= 4 is 0 Å². The molecule has 1 aliphatic rings. The third kappa shape index (κ3) is 5.70. The van der Waals surface area contributed by atoms with Gasteiger partial charge in [0, 0.05) is 6.54 Å². The van der Waals surface area contributed by atoms with Gasteiger partial charge in [0.1, 0.15) is 0 Å². The van der Waals surface area contributed by atoms with Crippen molar-refractivity contribution in [2.24, 2.45) is 5.92 Å². The predicted molar refractivity (Wildman–Crippen MR) is 113 cm³/mol. The van der Waals surface area contributed by atoms with E-state index in [-0.39, 0.29) is 6.42 Å². The summed E-state index contributed by atoms with van der Waals surface area (Å²) in [6, 6.07) is 13.7. The van der Waals surface area contributed by atoms with Gasteiger partial charge in [-0.25, -0.2) is 0 Å². The van der Waals surface area contributed by atoms with Gasteiger partial charge in [-0.05, 0) is 68.0 Å². The van der Waals surface area contributed by atoms with Crippen LogP contribution in [-0.4, -0.2) is 18.0 Å². The maximum Gasteiger partial charge on any atom is 0.416 e. The van der Waals surface area contributed by atoms with Gasteiger partial charge in [0.05, 0.1) is 22.6 Å². The van der Waals surface area contributed by atoms with Gasteiger partial charge >= 0.3 is 12.4 Å². The molecule has 2 aromatic rings.